The number of ether oxygens (including phenoxy) is 4. The van der Waals surface area contributed by atoms with Gasteiger partial charge in [0, 0.05) is 5.69 Å². The van der Waals surface area contributed by atoms with Crippen LogP contribution in [0.4, 0.5) is 5.69 Å². The first-order valence-electron chi connectivity index (χ1n) is 10.2. The Kier molecular flexibility index (Phi) is 8.76. The van der Waals surface area contributed by atoms with Crippen molar-refractivity contribution in [1.29, 1.82) is 0 Å². The fourth-order valence-corrected chi connectivity index (χ4v) is 5.98. The van der Waals surface area contributed by atoms with Crippen LogP contribution in [-0.4, -0.2) is 47.8 Å². The molecule has 0 aliphatic rings. The van der Waals surface area contributed by atoms with E-state index in [0.29, 0.717) is 26.4 Å². The average molecular weight is 584 g/mol. The Morgan fingerprint density at radius 3 is 2.43 bits per heavy atom. The molecular formula is C23H22BrNO8S2. The number of esters is 2. The van der Waals surface area contributed by atoms with E-state index in [-0.39, 0.29) is 22.1 Å². The minimum absolute atomic E-state index is 0.0728. The molecule has 1 heterocycles. The Balaban J connectivity index is 1.92. The summed E-state index contributed by atoms with van der Waals surface area (Å²) < 4.78 is 49.0. The van der Waals surface area contributed by atoms with Gasteiger partial charge < -0.3 is 18.9 Å². The van der Waals surface area contributed by atoms with Crippen molar-refractivity contribution in [1.82, 2.24) is 0 Å². The number of halogens is 1. The molecule has 0 fully saturated rings. The number of nitrogens with one attached hydrogen (secondary N) is 1. The minimum atomic E-state index is -3.86. The zero-order valence-corrected chi connectivity index (χ0v) is 22.2. The third-order valence-corrected chi connectivity index (χ3v) is 8.18. The number of anilines is 1. The van der Waals surface area contributed by atoms with Crippen molar-refractivity contribution >= 4 is 54.9 Å². The molecule has 12 heteroatoms. The second-order valence-electron chi connectivity index (χ2n) is 6.85. The van der Waals surface area contributed by atoms with E-state index in [4.69, 9.17) is 18.9 Å². The van der Waals surface area contributed by atoms with Crippen molar-refractivity contribution in [2.75, 3.05) is 32.2 Å². The van der Waals surface area contributed by atoms with Crippen LogP contribution < -0.4 is 14.2 Å². The van der Waals surface area contributed by atoms with E-state index < -0.39 is 28.6 Å². The van der Waals surface area contributed by atoms with Crippen LogP contribution in [0, 0.1) is 0 Å². The van der Waals surface area contributed by atoms with Crippen molar-refractivity contribution in [3.8, 4) is 21.9 Å². The third kappa shape index (κ3) is 6.32. The molecule has 1 aromatic heterocycles. The molecule has 0 saturated heterocycles. The molecule has 3 aromatic rings. The van der Waals surface area contributed by atoms with Crippen molar-refractivity contribution in [3.63, 3.8) is 0 Å². The predicted octanol–water partition coefficient (Wildman–Crippen LogP) is 4.72. The highest BCUT2D eigenvalue weighted by Gasteiger charge is 2.26. The van der Waals surface area contributed by atoms with Crippen LogP contribution in [0.1, 0.15) is 16.6 Å². The largest absolute Gasteiger partial charge is 0.497 e. The number of carbonyl (C=O) groups is 2. The summed E-state index contributed by atoms with van der Waals surface area (Å²) >= 11 is 4.51. The highest BCUT2D eigenvalue weighted by Crippen LogP contribution is 2.46. The number of thiophene rings is 1. The summed E-state index contributed by atoms with van der Waals surface area (Å²) in [5.74, 6) is -0.555. The average Bonchev–Trinajstić information content (AvgIpc) is 3.18. The van der Waals surface area contributed by atoms with Gasteiger partial charge in [-0.05, 0) is 64.8 Å². The second kappa shape index (κ2) is 11.6. The molecule has 2 aromatic carbocycles. The number of benzene rings is 2. The van der Waals surface area contributed by atoms with E-state index in [0.717, 1.165) is 11.3 Å². The monoisotopic (exact) mass is 583 g/mol. The molecule has 0 radical (unpaired) electrons. The Labute approximate surface area is 215 Å². The summed E-state index contributed by atoms with van der Waals surface area (Å²) in [6.07, 6.45) is 0. The van der Waals surface area contributed by atoms with E-state index >= 15 is 0 Å². The molecular weight excluding hydrogens is 562 g/mol. The van der Waals surface area contributed by atoms with Gasteiger partial charge in [0.1, 0.15) is 5.75 Å². The number of methoxy groups -OCH3 is 2. The maximum atomic E-state index is 12.8. The number of hydrogen-bond donors (Lipinski definition) is 1. The zero-order valence-electron chi connectivity index (χ0n) is 19.0. The van der Waals surface area contributed by atoms with Crippen molar-refractivity contribution in [3.05, 3.63) is 57.9 Å². The smallest absolute Gasteiger partial charge is 0.351 e. The van der Waals surface area contributed by atoms with Crippen LogP contribution in [0.5, 0.6) is 11.5 Å². The van der Waals surface area contributed by atoms with Crippen molar-refractivity contribution < 1.29 is 37.0 Å². The first kappa shape index (κ1) is 26.5. The van der Waals surface area contributed by atoms with Crippen LogP contribution in [0.3, 0.4) is 0 Å². The molecule has 0 spiro atoms. The van der Waals surface area contributed by atoms with Crippen molar-refractivity contribution in [2.24, 2.45) is 0 Å². The van der Waals surface area contributed by atoms with Gasteiger partial charge in [-0.1, -0.05) is 12.1 Å². The zero-order chi connectivity index (χ0) is 25.6. The van der Waals surface area contributed by atoms with Gasteiger partial charge in [-0.3, -0.25) is 4.72 Å². The number of carbonyl (C=O) groups excluding carboxylic acids is 2. The molecule has 0 atom stereocenters. The van der Waals surface area contributed by atoms with Gasteiger partial charge in [-0.25, -0.2) is 18.0 Å². The van der Waals surface area contributed by atoms with Gasteiger partial charge in [0.25, 0.3) is 10.0 Å². The first-order chi connectivity index (χ1) is 16.7. The van der Waals surface area contributed by atoms with Crippen LogP contribution in [0.25, 0.3) is 10.4 Å². The van der Waals surface area contributed by atoms with Gasteiger partial charge in [0.05, 0.1) is 35.1 Å². The van der Waals surface area contributed by atoms with Gasteiger partial charge >= 0.3 is 11.9 Å². The van der Waals surface area contributed by atoms with Gasteiger partial charge in [-0.2, -0.15) is 0 Å². The third-order valence-electron chi connectivity index (χ3n) is 4.57. The topological polar surface area (TPSA) is 117 Å². The summed E-state index contributed by atoms with van der Waals surface area (Å²) in [4.78, 5) is 24.9. The lowest BCUT2D eigenvalue weighted by Crippen LogP contribution is -2.15. The molecule has 0 saturated carbocycles. The standard InChI is InChI=1S/C23H22BrNO8S2/c1-4-32-18(26)13-33-20-19(24)21(34-22(20)23(27)31-3)14-6-5-7-15(12-14)25-35(28,29)17-10-8-16(30-2)9-11-17/h5-12,25H,4,13H2,1-3H3. The van der Waals surface area contributed by atoms with Gasteiger partial charge in [-0.15, -0.1) is 11.3 Å². The van der Waals surface area contributed by atoms with E-state index in [1.807, 2.05) is 0 Å². The lowest BCUT2D eigenvalue weighted by Gasteiger charge is -2.10. The molecule has 0 amide bonds. The summed E-state index contributed by atoms with van der Waals surface area (Å²) in [7, 11) is -1.13. The Hall–Kier alpha value is -3.09. The highest BCUT2D eigenvalue weighted by molar-refractivity contribution is 9.10. The lowest BCUT2D eigenvalue weighted by molar-refractivity contribution is -0.145. The molecule has 3 rings (SSSR count). The molecule has 0 unspecified atom stereocenters. The first-order valence-corrected chi connectivity index (χ1v) is 13.3. The SMILES string of the molecule is CCOC(=O)COc1c(C(=O)OC)sc(-c2cccc(NS(=O)(=O)c3ccc(OC)cc3)c2)c1Br. The predicted molar refractivity (Wildman–Crippen MR) is 135 cm³/mol. The van der Waals surface area contributed by atoms with Gasteiger partial charge in [0.15, 0.2) is 17.2 Å². The van der Waals surface area contributed by atoms with Crippen LogP contribution in [-0.2, 0) is 24.3 Å². The summed E-state index contributed by atoms with van der Waals surface area (Å²) in [5.41, 5.74) is 0.917. The maximum absolute atomic E-state index is 12.8. The molecule has 9 nitrogen and oxygen atoms in total. The summed E-state index contributed by atoms with van der Waals surface area (Å²) in [5, 5.41) is 0. The number of rotatable bonds is 10. The quantitative estimate of drug-likeness (QED) is 0.341. The normalized spacial score (nSPS) is 11.0. The van der Waals surface area contributed by atoms with Gasteiger partial charge in [0.2, 0.25) is 0 Å². The minimum Gasteiger partial charge on any atom is -0.497 e. The van der Waals surface area contributed by atoms with Crippen LogP contribution >= 0.6 is 27.3 Å². The fraction of sp³-hybridized carbons (Fsp3) is 0.217. The van der Waals surface area contributed by atoms with E-state index in [9.17, 15) is 18.0 Å². The summed E-state index contributed by atoms with van der Waals surface area (Å²) in [6.45, 7) is 1.47. The Bertz CT molecular complexity index is 1320. The number of sulfonamides is 1. The molecule has 0 bridgehead atoms. The van der Waals surface area contributed by atoms with E-state index in [2.05, 4.69) is 20.7 Å². The molecule has 186 valence electrons. The highest BCUT2D eigenvalue weighted by atomic mass is 79.9. The van der Waals surface area contributed by atoms with Crippen LogP contribution in [0.15, 0.2) is 57.9 Å². The van der Waals surface area contributed by atoms with Crippen molar-refractivity contribution in [2.45, 2.75) is 11.8 Å². The maximum Gasteiger partial charge on any atom is 0.351 e. The molecule has 0 aliphatic heterocycles. The molecule has 1 N–H and O–H groups in total. The van der Waals surface area contributed by atoms with Crippen LogP contribution in [0.2, 0.25) is 0 Å². The Morgan fingerprint density at radius 2 is 1.80 bits per heavy atom. The molecule has 0 aliphatic carbocycles. The Morgan fingerprint density at radius 1 is 1.09 bits per heavy atom. The lowest BCUT2D eigenvalue weighted by atomic mass is 10.1. The number of hydrogen-bond acceptors (Lipinski definition) is 9. The van der Waals surface area contributed by atoms with E-state index in [1.54, 1.807) is 43.3 Å². The second-order valence-corrected chi connectivity index (χ2v) is 10.3. The molecule has 35 heavy (non-hydrogen) atoms. The summed E-state index contributed by atoms with van der Waals surface area (Å²) in [6, 6.07) is 12.6. The van der Waals surface area contributed by atoms with E-state index in [1.165, 1.54) is 26.4 Å². The fourth-order valence-electron chi connectivity index (χ4n) is 2.96.